The maximum absolute atomic E-state index is 11.9. The van der Waals surface area contributed by atoms with Crippen LogP contribution in [0.1, 0.15) is 5.56 Å². The monoisotopic (exact) mass is 275 g/mol. The van der Waals surface area contributed by atoms with Gasteiger partial charge in [0, 0.05) is 6.08 Å². The molecule has 0 heterocycles. The van der Waals surface area contributed by atoms with Crippen molar-refractivity contribution < 1.29 is 14.4 Å². The first-order valence-electron chi connectivity index (χ1n) is 6.09. The van der Waals surface area contributed by atoms with Crippen LogP contribution in [0.25, 0.3) is 6.08 Å². The standard InChI is InChI=1S/C14H17N3O3/c1-15-11-13(19)16-17(9-10-18)14(20)8-7-12-5-3-2-4-6-12/h2-8,10,15H,9,11H2,1H3,(H,16,19). The molecule has 1 aromatic carbocycles. The Balaban J connectivity index is 2.66. The first-order chi connectivity index (χ1) is 9.67. The molecule has 0 radical (unpaired) electrons. The predicted molar refractivity (Wildman–Crippen MR) is 75.3 cm³/mol. The van der Waals surface area contributed by atoms with Crippen LogP contribution in [0.2, 0.25) is 0 Å². The number of nitrogens with one attached hydrogen (secondary N) is 2. The van der Waals surface area contributed by atoms with E-state index >= 15 is 0 Å². The van der Waals surface area contributed by atoms with Crippen LogP contribution < -0.4 is 10.7 Å². The van der Waals surface area contributed by atoms with Gasteiger partial charge in [0.15, 0.2) is 0 Å². The van der Waals surface area contributed by atoms with Crippen molar-refractivity contribution in [3.8, 4) is 0 Å². The highest BCUT2D eigenvalue weighted by Crippen LogP contribution is 2.01. The van der Waals surface area contributed by atoms with E-state index in [-0.39, 0.29) is 13.1 Å². The second kappa shape index (κ2) is 8.60. The van der Waals surface area contributed by atoms with Gasteiger partial charge in [-0.25, -0.2) is 5.01 Å². The van der Waals surface area contributed by atoms with Crippen LogP contribution >= 0.6 is 0 Å². The molecule has 0 unspecified atom stereocenters. The van der Waals surface area contributed by atoms with Crippen molar-refractivity contribution >= 4 is 24.2 Å². The van der Waals surface area contributed by atoms with E-state index in [2.05, 4.69) is 10.7 Å². The third-order valence-corrected chi connectivity index (χ3v) is 2.34. The van der Waals surface area contributed by atoms with Gasteiger partial charge in [-0.2, -0.15) is 0 Å². The Morgan fingerprint density at radius 2 is 1.95 bits per heavy atom. The van der Waals surface area contributed by atoms with Gasteiger partial charge in [0.25, 0.3) is 11.8 Å². The minimum atomic E-state index is -0.467. The van der Waals surface area contributed by atoms with Gasteiger partial charge in [-0.15, -0.1) is 0 Å². The summed E-state index contributed by atoms with van der Waals surface area (Å²) in [7, 11) is 1.61. The number of amides is 2. The summed E-state index contributed by atoms with van der Waals surface area (Å²) in [5, 5.41) is 3.62. The highest BCUT2D eigenvalue weighted by Gasteiger charge is 2.12. The Morgan fingerprint density at radius 3 is 2.55 bits per heavy atom. The van der Waals surface area contributed by atoms with Gasteiger partial charge < -0.3 is 10.1 Å². The topological polar surface area (TPSA) is 78.5 Å². The number of likely N-dealkylation sites (N-methyl/N-ethyl adjacent to an activating group) is 1. The van der Waals surface area contributed by atoms with Gasteiger partial charge >= 0.3 is 0 Å². The summed E-state index contributed by atoms with van der Waals surface area (Å²) in [6, 6.07) is 9.25. The molecule has 0 aliphatic rings. The molecular formula is C14H17N3O3. The van der Waals surface area contributed by atoms with Gasteiger partial charge in [0.2, 0.25) is 0 Å². The van der Waals surface area contributed by atoms with Crippen LogP contribution in [0.15, 0.2) is 36.4 Å². The molecule has 0 bridgehead atoms. The predicted octanol–water partition coefficient (Wildman–Crippen LogP) is -0.0221. The zero-order valence-corrected chi connectivity index (χ0v) is 11.2. The number of benzene rings is 1. The van der Waals surface area contributed by atoms with Crippen LogP contribution in [0.3, 0.4) is 0 Å². The third kappa shape index (κ3) is 5.45. The van der Waals surface area contributed by atoms with Crippen molar-refractivity contribution in [3.05, 3.63) is 42.0 Å². The molecule has 0 aliphatic heterocycles. The van der Waals surface area contributed by atoms with Crippen LogP contribution in [0, 0.1) is 0 Å². The Kier molecular flexibility index (Phi) is 6.70. The molecule has 6 heteroatoms. The second-order valence-electron chi connectivity index (χ2n) is 3.92. The van der Waals surface area contributed by atoms with E-state index in [1.807, 2.05) is 30.3 Å². The quantitative estimate of drug-likeness (QED) is 0.434. The van der Waals surface area contributed by atoms with Crippen LogP contribution in [-0.4, -0.2) is 43.2 Å². The van der Waals surface area contributed by atoms with Gasteiger partial charge in [0.1, 0.15) is 6.29 Å². The van der Waals surface area contributed by atoms with Gasteiger partial charge in [-0.05, 0) is 18.7 Å². The number of aldehydes is 1. The molecular weight excluding hydrogens is 258 g/mol. The molecule has 106 valence electrons. The van der Waals surface area contributed by atoms with E-state index in [9.17, 15) is 14.4 Å². The van der Waals surface area contributed by atoms with Crippen molar-refractivity contribution in [2.24, 2.45) is 0 Å². The molecule has 2 amide bonds. The number of nitrogens with zero attached hydrogens (tertiary/aromatic N) is 1. The van der Waals surface area contributed by atoms with E-state index in [4.69, 9.17) is 0 Å². The summed E-state index contributed by atoms with van der Waals surface area (Å²) < 4.78 is 0. The van der Waals surface area contributed by atoms with Crippen molar-refractivity contribution in [1.82, 2.24) is 15.8 Å². The smallest absolute Gasteiger partial charge is 0.265 e. The Morgan fingerprint density at radius 1 is 1.25 bits per heavy atom. The number of hydrogen-bond acceptors (Lipinski definition) is 4. The first kappa shape index (κ1) is 15.6. The highest BCUT2D eigenvalue weighted by molar-refractivity contribution is 5.94. The summed E-state index contributed by atoms with van der Waals surface area (Å²) in [5.41, 5.74) is 3.21. The molecule has 20 heavy (non-hydrogen) atoms. The van der Waals surface area contributed by atoms with Crippen LogP contribution in [0.5, 0.6) is 0 Å². The fourth-order valence-electron chi connectivity index (χ4n) is 1.44. The number of carbonyl (C=O) groups excluding carboxylic acids is 3. The minimum absolute atomic E-state index is 0.0606. The number of carbonyl (C=O) groups is 3. The maximum atomic E-state index is 11.9. The third-order valence-electron chi connectivity index (χ3n) is 2.34. The zero-order valence-electron chi connectivity index (χ0n) is 11.2. The average Bonchev–Trinajstić information content (AvgIpc) is 2.45. The highest BCUT2D eigenvalue weighted by atomic mass is 16.2. The van der Waals surface area contributed by atoms with Crippen molar-refractivity contribution in [3.63, 3.8) is 0 Å². The van der Waals surface area contributed by atoms with E-state index in [0.29, 0.717) is 6.29 Å². The fraction of sp³-hybridized carbons (Fsp3) is 0.214. The molecule has 1 aromatic rings. The summed E-state index contributed by atoms with van der Waals surface area (Å²) in [5.74, 6) is -0.860. The van der Waals surface area contributed by atoms with E-state index < -0.39 is 11.8 Å². The summed E-state index contributed by atoms with van der Waals surface area (Å²) in [4.78, 5) is 33.8. The number of rotatable bonds is 6. The first-order valence-corrected chi connectivity index (χ1v) is 6.09. The zero-order chi connectivity index (χ0) is 14.8. The van der Waals surface area contributed by atoms with Gasteiger partial charge in [0.05, 0.1) is 13.1 Å². The molecule has 6 nitrogen and oxygen atoms in total. The van der Waals surface area contributed by atoms with Gasteiger partial charge in [-0.1, -0.05) is 30.3 Å². The normalized spacial score (nSPS) is 10.2. The second-order valence-corrected chi connectivity index (χ2v) is 3.92. The lowest BCUT2D eigenvalue weighted by Gasteiger charge is -2.19. The van der Waals surface area contributed by atoms with Crippen molar-refractivity contribution in [1.29, 1.82) is 0 Å². The van der Waals surface area contributed by atoms with Crippen molar-refractivity contribution in [2.45, 2.75) is 0 Å². The molecule has 0 fully saturated rings. The Labute approximate surface area is 117 Å². The Bertz CT molecular complexity index is 486. The number of hydrazine groups is 1. The van der Waals surface area contributed by atoms with Gasteiger partial charge in [-0.3, -0.25) is 15.0 Å². The maximum Gasteiger partial charge on any atom is 0.265 e. The molecule has 0 atom stereocenters. The van der Waals surface area contributed by atoms with E-state index in [1.54, 1.807) is 13.1 Å². The lowest BCUT2D eigenvalue weighted by Crippen LogP contribution is -2.48. The lowest BCUT2D eigenvalue weighted by atomic mass is 10.2. The summed E-state index contributed by atoms with van der Waals surface area (Å²) in [6.07, 6.45) is 3.47. The number of hydrogen-bond donors (Lipinski definition) is 2. The molecule has 0 saturated carbocycles. The van der Waals surface area contributed by atoms with E-state index in [1.165, 1.54) is 6.08 Å². The SMILES string of the molecule is CNCC(=O)NN(CC=O)C(=O)C=Cc1ccccc1. The van der Waals surface area contributed by atoms with Crippen molar-refractivity contribution in [2.75, 3.05) is 20.1 Å². The average molecular weight is 275 g/mol. The largest absolute Gasteiger partial charge is 0.311 e. The fourth-order valence-corrected chi connectivity index (χ4v) is 1.44. The van der Waals surface area contributed by atoms with Crippen LogP contribution in [-0.2, 0) is 14.4 Å². The molecule has 2 N–H and O–H groups in total. The summed E-state index contributed by atoms with van der Waals surface area (Å²) >= 11 is 0. The molecule has 0 aliphatic carbocycles. The lowest BCUT2D eigenvalue weighted by molar-refractivity contribution is -0.138. The molecule has 1 rings (SSSR count). The van der Waals surface area contributed by atoms with Crippen LogP contribution in [0.4, 0.5) is 0 Å². The molecule has 0 spiro atoms. The van der Waals surface area contributed by atoms with E-state index in [0.717, 1.165) is 10.6 Å². The minimum Gasteiger partial charge on any atom is -0.311 e. The molecule has 0 saturated heterocycles. The Hall–Kier alpha value is -2.47. The molecule has 0 aromatic heterocycles. The summed E-state index contributed by atoms with van der Waals surface area (Å²) in [6.45, 7) is -0.140.